The highest BCUT2D eigenvalue weighted by Crippen LogP contribution is 2.33. The van der Waals surface area contributed by atoms with E-state index in [2.05, 4.69) is 22.1 Å². The zero-order valence-corrected chi connectivity index (χ0v) is 8.07. The second-order valence-electron chi connectivity index (χ2n) is 3.33. The number of halogens is 1. The van der Waals surface area contributed by atoms with Crippen LogP contribution in [0.3, 0.4) is 0 Å². The van der Waals surface area contributed by atoms with Crippen molar-refractivity contribution in [1.29, 1.82) is 0 Å². The summed E-state index contributed by atoms with van der Waals surface area (Å²) in [6.45, 7) is 0. The maximum absolute atomic E-state index is 5.83. The summed E-state index contributed by atoms with van der Waals surface area (Å²) in [5, 5.41) is 0.323. The fraction of sp³-hybridized carbons (Fsp3) is 0.0909. The Morgan fingerprint density at radius 2 is 1.93 bits per heavy atom. The molecule has 0 saturated heterocycles. The van der Waals surface area contributed by atoms with Crippen LogP contribution in [0.2, 0.25) is 0 Å². The molecule has 2 aliphatic carbocycles. The number of aliphatic imine (C=N–C) groups is 2. The summed E-state index contributed by atoms with van der Waals surface area (Å²) in [4.78, 5) is 8.43. The van der Waals surface area contributed by atoms with Gasteiger partial charge < -0.3 is 0 Å². The van der Waals surface area contributed by atoms with Crippen molar-refractivity contribution in [2.75, 3.05) is 0 Å². The van der Waals surface area contributed by atoms with Crippen molar-refractivity contribution in [2.45, 2.75) is 0 Å². The van der Waals surface area contributed by atoms with Crippen LogP contribution in [0.1, 0.15) is 0 Å². The van der Waals surface area contributed by atoms with Gasteiger partial charge in [-0.1, -0.05) is 24.3 Å². The van der Waals surface area contributed by atoms with Gasteiger partial charge in [0.25, 0.3) is 0 Å². The minimum Gasteiger partial charge on any atom is -0.222 e. The maximum atomic E-state index is 5.83. The van der Waals surface area contributed by atoms with Gasteiger partial charge in [0.2, 0.25) is 5.29 Å². The van der Waals surface area contributed by atoms with Crippen LogP contribution in [0, 0.1) is 5.92 Å². The summed E-state index contributed by atoms with van der Waals surface area (Å²) in [5.41, 5.74) is 3.20. The Hall–Kier alpha value is -1.41. The molecule has 1 atom stereocenters. The predicted octanol–water partition coefficient (Wildman–Crippen LogP) is 2.60. The molecule has 0 spiro atoms. The monoisotopic (exact) mass is 202 g/mol. The molecule has 0 aromatic heterocycles. The molecule has 0 saturated carbocycles. The van der Waals surface area contributed by atoms with Crippen molar-refractivity contribution >= 4 is 22.6 Å². The zero-order chi connectivity index (χ0) is 9.54. The Bertz CT molecular complexity index is 474. The molecule has 0 bridgehead atoms. The van der Waals surface area contributed by atoms with E-state index in [0.29, 0.717) is 5.29 Å². The number of rotatable bonds is 0. The van der Waals surface area contributed by atoms with E-state index in [-0.39, 0.29) is 5.92 Å². The SMILES string of the molecule is ClC1=NC2=CC=CC3=CC=CC(=N1)C32. The van der Waals surface area contributed by atoms with E-state index < -0.39 is 0 Å². The summed E-state index contributed by atoms with van der Waals surface area (Å²) < 4.78 is 0. The van der Waals surface area contributed by atoms with E-state index in [1.807, 2.05) is 24.3 Å². The molecule has 3 aliphatic rings. The Kier molecular flexibility index (Phi) is 1.58. The van der Waals surface area contributed by atoms with Gasteiger partial charge in [0, 0.05) is 0 Å². The first-order valence-electron chi connectivity index (χ1n) is 4.44. The van der Waals surface area contributed by atoms with Gasteiger partial charge in [0.05, 0.1) is 17.3 Å². The fourth-order valence-corrected chi connectivity index (χ4v) is 2.09. The molecular weight excluding hydrogens is 196 g/mol. The highest BCUT2D eigenvalue weighted by atomic mass is 35.5. The van der Waals surface area contributed by atoms with Gasteiger partial charge >= 0.3 is 0 Å². The third-order valence-corrected chi connectivity index (χ3v) is 2.65. The van der Waals surface area contributed by atoms with Crippen LogP contribution in [0.15, 0.2) is 57.7 Å². The van der Waals surface area contributed by atoms with E-state index in [1.54, 1.807) is 0 Å². The molecule has 0 amide bonds. The average molecular weight is 203 g/mol. The Morgan fingerprint density at radius 1 is 1.07 bits per heavy atom. The van der Waals surface area contributed by atoms with Gasteiger partial charge in [-0.25, -0.2) is 9.98 Å². The minimum absolute atomic E-state index is 0.201. The molecule has 1 heterocycles. The van der Waals surface area contributed by atoms with E-state index >= 15 is 0 Å². The number of hydrogen-bond donors (Lipinski definition) is 0. The third kappa shape index (κ3) is 1.04. The highest BCUT2D eigenvalue weighted by Gasteiger charge is 2.28. The molecule has 14 heavy (non-hydrogen) atoms. The quantitative estimate of drug-likeness (QED) is 0.540. The molecular formula is C11H7ClN2. The van der Waals surface area contributed by atoms with Crippen molar-refractivity contribution < 1.29 is 0 Å². The second-order valence-corrected chi connectivity index (χ2v) is 3.67. The first-order valence-corrected chi connectivity index (χ1v) is 4.82. The minimum atomic E-state index is 0.201. The van der Waals surface area contributed by atoms with Crippen molar-refractivity contribution in [1.82, 2.24) is 0 Å². The second kappa shape index (κ2) is 2.79. The van der Waals surface area contributed by atoms with Crippen molar-refractivity contribution in [3.05, 3.63) is 47.7 Å². The van der Waals surface area contributed by atoms with E-state index in [9.17, 15) is 0 Å². The number of hydrogen-bond acceptors (Lipinski definition) is 2. The van der Waals surface area contributed by atoms with E-state index in [0.717, 1.165) is 11.4 Å². The molecule has 2 nitrogen and oxygen atoms in total. The lowest BCUT2D eigenvalue weighted by molar-refractivity contribution is 0.925. The first kappa shape index (κ1) is 7.94. The summed E-state index contributed by atoms with van der Waals surface area (Å²) in [5.74, 6) is 0.201. The van der Waals surface area contributed by atoms with Gasteiger partial charge in [-0.2, -0.15) is 0 Å². The lowest BCUT2D eigenvalue weighted by atomic mass is 9.83. The van der Waals surface area contributed by atoms with Crippen molar-refractivity contribution in [2.24, 2.45) is 15.9 Å². The van der Waals surface area contributed by atoms with Crippen LogP contribution >= 0.6 is 11.6 Å². The van der Waals surface area contributed by atoms with Crippen LogP contribution in [0.4, 0.5) is 0 Å². The van der Waals surface area contributed by atoms with Crippen molar-refractivity contribution in [3.8, 4) is 0 Å². The molecule has 3 rings (SSSR count). The van der Waals surface area contributed by atoms with Crippen LogP contribution in [0.5, 0.6) is 0 Å². The Labute approximate surface area is 86.7 Å². The van der Waals surface area contributed by atoms with Crippen molar-refractivity contribution in [3.63, 3.8) is 0 Å². The molecule has 0 aromatic carbocycles. The smallest absolute Gasteiger partial charge is 0.222 e. The van der Waals surface area contributed by atoms with Gasteiger partial charge in [-0.3, -0.25) is 0 Å². The summed E-state index contributed by atoms with van der Waals surface area (Å²) in [7, 11) is 0. The normalized spacial score (nSPS) is 27.4. The highest BCUT2D eigenvalue weighted by molar-refractivity contribution is 6.66. The standard InChI is InChI=1S/C11H7ClN2/c12-11-13-8-5-1-3-7-4-2-6-9(14-11)10(7)8/h1-6,10H. The van der Waals surface area contributed by atoms with Crippen LogP contribution < -0.4 is 0 Å². The summed E-state index contributed by atoms with van der Waals surface area (Å²) >= 11 is 5.83. The summed E-state index contributed by atoms with van der Waals surface area (Å²) in [6, 6.07) is 0. The molecule has 1 aliphatic heterocycles. The zero-order valence-electron chi connectivity index (χ0n) is 7.31. The number of allylic oxidation sites excluding steroid dienone is 7. The molecule has 0 fully saturated rings. The molecule has 68 valence electrons. The largest absolute Gasteiger partial charge is 0.222 e. The lowest BCUT2D eigenvalue weighted by Crippen LogP contribution is -2.24. The predicted molar refractivity (Wildman–Crippen MR) is 58.7 cm³/mol. The topological polar surface area (TPSA) is 24.7 Å². The fourth-order valence-electron chi connectivity index (χ4n) is 1.89. The average Bonchev–Trinajstić information content (AvgIpc) is 2.18. The van der Waals surface area contributed by atoms with E-state index in [1.165, 1.54) is 5.57 Å². The maximum Gasteiger partial charge on any atom is 0.222 e. The van der Waals surface area contributed by atoms with Crippen LogP contribution in [-0.2, 0) is 0 Å². The number of amidine groups is 1. The van der Waals surface area contributed by atoms with Gasteiger partial charge in [0.1, 0.15) is 0 Å². The van der Waals surface area contributed by atoms with Gasteiger partial charge in [-0.15, -0.1) is 0 Å². The molecule has 3 heteroatoms. The van der Waals surface area contributed by atoms with Gasteiger partial charge in [-0.05, 0) is 29.3 Å². The van der Waals surface area contributed by atoms with Crippen LogP contribution in [-0.4, -0.2) is 11.0 Å². The lowest BCUT2D eigenvalue weighted by Gasteiger charge is -2.26. The third-order valence-electron chi connectivity index (χ3n) is 2.48. The van der Waals surface area contributed by atoms with E-state index in [4.69, 9.17) is 11.6 Å². The molecule has 0 radical (unpaired) electrons. The Morgan fingerprint density at radius 3 is 2.86 bits per heavy atom. The Balaban J connectivity index is 2.23. The molecule has 0 N–H and O–H groups in total. The van der Waals surface area contributed by atoms with Crippen LogP contribution in [0.25, 0.3) is 0 Å². The summed E-state index contributed by atoms with van der Waals surface area (Å²) in [6.07, 6.45) is 12.1. The van der Waals surface area contributed by atoms with Gasteiger partial charge in [0.15, 0.2) is 0 Å². The molecule has 1 unspecified atom stereocenters. The first-order chi connectivity index (χ1) is 6.84. The molecule has 0 aromatic rings. The number of nitrogens with zero attached hydrogens (tertiary/aromatic N) is 2.